The van der Waals surface area contributed by atoms with E-state index in [-0.39, 0.29) is 11.8 Å². The molecule has 1 heterocycles. The molecule has 3 nitrogen and oxygen atoms in total. The zero-order valence-electron chi connectivity index (χ0n) is 12.8. The second-order valence-electron chi connectivity index (χ2n) is 5.50. The molecule has 3 aromatic rings. The Morgan fingerprint density at radius 2 is 1.86 bits per heavy atom. The number of rotatable bonds is 5. The molecule has 0 fully saturated rings. The number of likely N-dealkylation sites (N-methyl/N-ethyl adjacent to an activating group) is 1. The highest BCUT2D eigenvalue weighted by Gasteiger charge is 2.12. The highest BCUT2D eigenvalue weighted by Crippen LogP contribution is 2.27. The summed E-state index contributed by atoms with van der Waals surface area (Å²) in [4.78, 5) is 11.5. The summed E-state index contributed by atoms with van der Waals surface area (Å²) in [6.45, 7) is 1.62. The molecule has 0 unspecified atom stereocenters. The van der Waals surface area contributed by atoms with E-state index in [4.69, 9.17) is 4.42 Å². The molecule has 112 valence electrons. The summed E-state index contributed by atoms with van der Waals surface area (Å²) >= 11 is 0. The first kappa shape index (κ1) is 14.5. The van der Waals surface area contributed by atoms with Gasteiger partial charge in [0.15, 0.2) is 0 Å². The van der Waals surface area contributed by atoms with Crippen molar-refractivity contribution in [1.29, 1.82) is 0 Å². The van der Waals surface area contributed by atoms with E-state index >= 15 is 0 Å². The van der Waals surface area contributed by atoms with E-state index in [1.807, 2.05) is 43.4 Å². The number of furan rings is 1. The van der Waals surface area contributed by atoms with Crippen molar-refractivity contribution < 1.29 is 9.21 Å². The molecule has 2 aromatic carbocycles. The fraction of sp³-hybridized carbons (Fsp3) is 0.211. The van der Waals surface area contributed by atoms with Gasteiger partial charge in [-0.3, -0.25) is 4.79 Å². The Morgan fingerprint density at radius 1 is 1.14 bits per heavy atom. The van der Waals surface area contributed by atoms with E-state index in [9.17, 15) is 4.79 Å². The van der Waals surface area contributed by atoms with Crippen LogP contribution in [0, 0.1) is 0 Å². The maximum Gasteiger partial charge on any atom is 0.147 e. The minimum atomic E-state index is -0.128. The Kier molecular flexibility index (Phi) is 4.07. The van der Waals surface area contributed by atoms with Gasteiger partial charge in [0.1, 0.15) is 17.1 Å². The molecular weight excluding hydrogens is 274 g/mol. The van der Waals surface area contributed by atoms with Gasteiger partial charge in [0.2, 0.25) is 0 Å². The van der Waals surface area contributed by atoms with Crippen LogP contribution in [0.1, 0.15) is 12.5 Å². The Bertz CT molecular complexity index is 754. The number of carbonyl (C=O) groups is 1. The number of para-hydroxylation sites is 1. The fourth-order valence-corrected chi connectivity index (χ4v) is 2.61. The number of hydrogen-bond acceptors (Lipinski definition) is 3. The van der Waals surface area contributed by atoms with E-state index in [1.54, 1.807) is 6.92 Å². The molecule has 0 aliphatic heterocycles. The minimum absolute atomic E-state index is 0.128. The van der Waals surface area contributed by atoms with Crippen LogP contribution in [0.15, 0.2) is 59.0 Å². The monoisotopic (exact) mass is 293 g/mol. The molecule has 22 heavy (non-hydrogen) atoms. The van der Waals surface area contributed by atoms with Gasteiger partial charge in [-0.05, 0) is 38.1 Å². The molecular formula is C19H19NO2. The first-order valence-corrected chi connectivity index (χ1v) is 7.43. The molecule has 0 aliphatic carbocycles. The predicted octanol–water partition coefficient (Wildman–Crippen LogP) is 3.82. The summed E-state index contributed by atoms with van der Waals surface area (Å²) in [5, 5.41) is 4.15. The molecule has 0 bridgehead atoms. The smallest absolute Gasteiger partial charge is 0.147 e. The SMILES string of the molecule is CN[C@@H](Cc1ccc(-c2cc3ccccc3o2)cc1)C(C)=O. The van der Waals surface area contributed by atoms with Crippen LogP contribution in [0.25, 0.3) is 22.3 Å². The molecule has 0 amide bonds. The van der Waals surface area contributed by atoms with Gasteiger partial charge in [0.25, 0.3) is 0 Å². The lowest BCUT2D eigenvalue weighted by molar-refractivity contribution is -0.118. The molecule has 1 N–H and O–H groups in total. The standard InChI is InChI=1S/C19H19NO2/c1-13(21)17(20-2)11-14-7-9-15(10-8-14)19-12-16-5-3-4-6-18(16)22-19/h3-10,12,17,20H,11H2,1-2H3/t17-/m0/s1. The van der Waals surface area contributed by atoms with E-state index < -0.39 is 0 Å². The summed E-state index contributed by atoms with van der Waals surface area (Å²) in [6.07, 6.45) is 0.701. The van der Waals surface area contributed by atoms with Gasteiger partial charge in [-0.15, -0.1) is 0 Å². The molecule has 3 heteroatoms. The average Bonchev–Trinajstić information content (AvgIpc) is 2.97. The van der Waals surface area contributed by atoms with Crippen LogP contribution in [0.5, 0.6) is 0 Å². The van der Waals surface area contributed by atoms with Crippen molar-refractivity contribution in [2.24, 2.45) is 0 Å². The number of fused-ring (bicyclic) bond motifs is 1. The van der Waals surface area contributed by atoms with Crippen molar-refractivity contribution >= 4 is 16.8 Å². The van der Waals surface area contributed by atoms with Crippen LogP contribution in [-0.2, 0) is 11.2 Å². The first-order valence-electron chi connectivity index (χ1n) is 7.43. The summed E-state index contributed by atoms with van der Waals surface area (Å²) in [6, 6.07) is 18.1. The molecule has 0 aliphatic rings. The van der Waals surface area contributed by atoms with Gasteiger partial charge in [-0.25, -0.2) is 0 Å². The van der Waals surface area contributed by atoms with Gasteiger partial charge in [0, 0.05) is 10.9 Å². The lowest BCUT2D eigenvalue weighted by Gasteiger charge is -2.12. The molecule has 1 atom stereocenters. The predicted molar refractivity (Wildman–Crippen MR) is 88.9 cm³/mol. The molecule has 0 spiro atoms. The van der Waals surface area contributed by atoms with Crippen molar-refractivity contribution in [2.75, 3.05) is 7.05 Å². The van der Waals surface area contributed by atoms with Gasteiger partial charge in [-0.1, -0.05) is 42.5 Å². The summed E-state index contributed by atoms with van der Waals surface area (Å²) in [5.41, 5.74) is 3.08. The van der Waals surface area contributed by atoms with Crippen molar-refractivity contribution in [3.8, 4) is 11.3 Å². The third-order valence-corrected chi connectivity index (χ3v) is 3.94. The van der Waals surface area contributed by atoms with Crippen LogP contribution in [0.3, 0.4) is 0 Å². The van der Waals surface area contributed by atoms with E-state index in [0.29, 0.717) is 6.42 Å². The Hall–Kier alpha value is -2.39. The lowest BCUT2D eigenvalue weighted by atomic mass is 10.0. The van der Waals surface area contributed by atoms with Gasteiger partial charge in [-0.2, -0.15) is 0 Å². The van der Waals surface area contributed by atoms with Crippen LogP contribution in [0.2, 0.25) is 0 Å². The third kappa shape index (κ3) is 2.95. The van der Waals surface area contributed by atoms with E-state index in [0.717, 1.165) is 27.9 Å². The minimum Gasteiger partial charge on any atom is -0.456 e. The highest BCUT2D eigenvalue weighted by molar-refractivity contribution is 5.83. The van der Waals surface area contributed by atoms with Crippen molar-refractivity contribution in [2.45, 2.75) is 19.4 Å². The number of Topliss-reactive ketones (excluding diaryl/α,β-unsaturated/α-hetero) is 1. The Balaban J connectivity index is 1.83. The zero-order valence-corrected chi connectivity index (χ0v) is 12.8. The van der Waals surface area contributed by atoms with Crippen molar-refractivity contribution in [3.63, 3.8) is 0 Å². The third-order valence-electron chi connectivity index (χ3n) is 3.94. The van der Waals surface area contributed by atoms with E-state index in [1.165, 1.54) is 0 Å². The largest absolute Gasteiger partial charge is 0.456 e. The second kappa shape index (κ2) is 6.16. The van der Waals surface area contributed by atoms with Crippen LogP contribution < -0.4 is 5.32 Å². The number of nitrogens with one attached hydrogen (secondary N) is 1. The molecule has 1 aromatic heterocycles. The zero-order chi connectivity index (χ0) is 15.5. The van der Waals surface area contributed by atoms with E-state index in [2.05, 4.69) is 23.5 Å². The highest BCUT2D eigenvalue weighted by atomic mass is 16.3. The maximum absolute atomic E-state index is 11.5. The molecule has 0 saturated heterocycles. The van der Waals surface area contributed by atoms with Crippen LogP contribution >= 0.6 is 0 Å². The quantitative estimate of drug-likeness (QED) is 0.777. The van der Waals surface area contributed by atoms with Crippen LogP contribution in [0.4, 0.5) is 0 Å². The maximum atomic E-state index is 11.5. The fourth-order valence-electron chi connectivity index (χ4n) is 2.61. The summed E-state index contributed by atoms with van der Waals surface area (Å²) in [5.74, 6) is 1.02. The molecule has 0 saturated carbocycles. The number of benzene rings is 2. The number of hydrogen-bond donors (Lipinski definition) is 1. The van der Waals surface area contributed by atoms with Gasteiger partial charge in [0.05, 0.1) is 6.04 Å². The second-order valence-corrected chi connectivity index (χ2v) is 5.50. The number of ketones is 1. The van der Waals surface area contributed by atoms with Crippen molar-refractivity contribution in [1.82, 2.24) is 5.32 Å². The van der Waals surface area contributed by atoms with Gasteiger partial charge >= 0.3 is 0 Å². The molecule has 3 rings (SSSR count). The summed E-state index contributed by atoms with van der Waals surface area (Å²) in [7, 11) is 1.81. The normalized spacial score (nSPS) is 12.5. The molecule has 0 radical (unpaired) electrons. The Morgan fingerprint density at radius 3 is 2.50 bits per heavy atom. The van der Waals surface area contributed by atoms with Crippen molar-refractivity contribution in [3.05, 3.63) is 60.2 Å². The van der Waals surface area contributed by atoms with Crippen LogP contribution in [-0.4, -0.2) is 18.9 Å². The topological polar surface area (TPSA) is 42.2 Å². The lowest BCUT2D eigenvalue weighted by Crippen LogP contribution is -2.34. The summed E-state index contributed by atoms with van der Waals surface area (Å²) < 4.78 is 5.87. The number of carbonyl (C=O) groups excluding carboxylic acids is 1. The average molecular weight is 293 g/mol. The van der Waals surface area contributed by atoms with Gasteiger partial charge < -0.3 is 9.73 Å². The Labute approximate surface area is 130 Å². The first-order chi connectivity index (χ1) is 10.7.